The fourth-order valence-electron chi connectivity index (χ4n) is 2.80. The van der Waals surface area contributed by atoms with Crippen LogP contribution in [0.3, 0.4) is 0 Å². The third kappa shape index (κ3) is 4.32. The number of carbonyl (C=O) groups is 1. The van der Waals surface area contributed by atoms with E-state index in [-0.39, 0.29) is 5.91 Å². The molecule has 4 heteroatoms. The molecule has 0 spiro atoms. The van der Waals surface area contributed by atoms with Gasteiger partial charge in [0.25, 0.3) is 0 Å². The highest BCUT2D eigenvalue weighted by Gasteiger charge is 2.29. The highest BCUT2D eigenvalue weighted by Crippen LogP contribution is 2.27. The third-order valence-electron chi connectivity index (χ3n) is 3.78. The summed E-state index contributed by atoms with van der Waals surface area (Å²) in [6.07, 6.45) is 9.97. The van der Waals surface area contributed by atoms with Crippen molar-refractivity contribution in [3.05, 3.63) is 0 Å². The van der Waals surface area contributed by atoms with E-state index < -0.39 is 0 Å². The van der Waals surface area contributed by atoms with Crippen LogP contribution >= 0.6 is 0 Å². The second-order valence-electron chi connectivity index (χ2n) is 4.89. The molecule has 1 aliphatic rings. The van der Waals surface area contributed by atoms with Gasteiger partial charge in [0.2, 0.25) is 5.91 Å². The van der Waals surface area contributed by atoms with Crippen molar-refractivity contribution in [2.75, 3.05) is 26.2 Å². The number of nitrogens with two attached hydrogens (primary N) is 1. The number of rotatable bonds is 6. The van der Waals surface area contributed by atoms with E-state index in [0.29, 0.717) is 31.6 Å². The molecule has 2 atom stereocenters. The highest BCUT2D eigenvalue weighted by atomic mass is 16.2. The van der Waals surface area contributed by atoms with Crippen LogP contribution in [0.2, 0.25) is 0 Å². The van der Waals surface area contributed by atoms with E-state index in [1.165, 1.54) is 19.3 Å². The minimum absolute atomic E-state index is 0.0103. The van der Waals surface area contributed by atoms with E-state index in [4.69, 9.17) is 12.2 Å². The molecule has 1 fully saturated rings. The number of likely N-dealkylation sites (N-methyl/N-ethyl adjacent to an activating group) is 1. The summed E-state index contributed by atoms with van der Waals surface area (Å²) in [7, 11) is 0. The molecule has 1 saturated carbocycles. The maximum atomic E-state index is 11.7. The molecule has 0 heterocycles. The smallest absolute Gasteiger partial charge is 0.234 e. The molecule has 18 heavy (non-hydrogen) atoms. The molecule has 102 valence electrons. The molecular formula is C14H25N3O. The first-order valence-electron chi connectivity index (χ1n) is 6.87. The van der Waals surface area contributed by atoms with Crippen LogP contribution in [0.1, 0.15) is 32.6 Å². The van der Waals surface area contributed by atoms with Gasteiger partial charge < -0.3 is 11.1 Å². The second-order valence-corrected chi connectivity index (χ2v) is 4.89. The Bertz CT molecular complexity index is 298. The van der Waals surface area contributed by atoms with Crippen LogP contribution in [-0.4, -0.2) is 43.0 Å². The molecule has 0 radical (unpaired) electrons. The van der Waals surface area contributed by atoms with Crippen LogP contribution in [0.5, 0.6) is 0 Å². The van der Waals surface area contributed by atoms with Gasteiger partial charge in [-0.25, -0.2) is 0 Å². The Kier molecular flexibility index (Phi) is 6.77. The van der Waals surface area contributed by atoms with Crippen molar-refractivity contribution >= 4 is 5.91 Å². The standard InChI is InChI=1S/C14H25N3O/c1-3-9-16-14(18)11-17(4-2)13-8-6-5-7-12(13)10-15/h1,12-13H,4-11,15H2,2H3,(H,16,18). The predicted molar refractivity (Wildman–Crippen MR) is 73.9 cm³/mol. The first-order valence-corrected chi connectivity index (χ1v) is 6.87. The van der Waals surface area contributed by atoms with E-state index in [1.54, 1.807) is 0 Å². The van der Waals surface area contributed by atoms with Crippen molar-refractivity contribution in [2.45, 2.75) is 38.6 Å². The minimum atomic E-state index is 0.0103. The fourth-order valence-corrected chi connectivity index (χ4v) is 2.80. The second kappa shape index (κ2) is 8.12. The Hall–Kier alpha value is -1.05. The van der Waals surface area contributed by atoms with E-state index >= 15 is 0 Å². The number of amides is 1. The third-order valence-corrected chi connectivity index (χ3v) is 3.78. The number of terminal acetylenes is 1. The molecule has 0 bridgehead atoms. The lowest BCUT2D eigenvalue weighted by atomic mass is 9.83. The Balaban J connectivity index is 2.53. The zero-order chi connectivity index (χ0) is 13.4. The van der Waals surface area contributed by atoms with Crippen LogP contribution < -0.4 is 11.1 Å². The highest BCUT2D eigenvalue weighted by molar-refractivity contribution is 5.78. The normalized spacial score (nSPS) is 23.7. The maximum Gasteiger partial charge on any atom is 0.234 e. The summed E-state index contributed by atoms with van der Waals surface area (Å²) < 4.78 is 0. The van der Waals surface area contributed by atoms with Crippen LogP contribution in [0.15, 0.2) is 0 Å². The van der Waals surface area contributed by atoms with Crippen molar-refractivity contribution < 1.29 is 4.79 Å². The molecule has 1 amide bonds. The fraction of sp³-hybridized carbons (Fsp3) is 0.786. The van der Waals surface area contributed by atoms with Gasteiger partial charge in [-0.2, -0.15) is 0 Å². The Labute approximate surface area is 110 Å². The van der Waals surface area contributed by atoms with Crippen molar-refractivity contribution in [2.24, 2.45) is 11.7 Å². The van der Waals surface area contributed by atoms with Gasteiger partial charge >= 0.3 is 0 Å². The summed E-state index contributed by atoms with van der Waals surface area (Å²) >= 11 is 0. The molecular weight excluding hydrogens is 226 g/mol. The summed E-state index contributed by atoms with van der Waals surface area (Å²) in [4.78, 5) is 14.0. The number of nitrogens with zero attached hydrogens (tertiary/aromatic N) is 1. The number of carbonyl (C=O) groups excluding carboxylic acids is 1. The summed E-state index contributed by atoms with van der Waals surface area (Å²) in [6.45, 7) is 4.43. The Morgan fingerprint density at radius 2 is 2.22 bits per heavy atom. The Morgan fingerprint density at radius 3 is 2.83 bits per heavy atom. The molecule has 0 aliphatic heterocycles. The van der Waals surface area contributed by atoms with Gasteiger partial charge in [-0.05, 0) is 31.8 Å². The maximum absolute atomic E-state index is 11.7. The summed E-state index contributed by atoms with van der Waals surface area (Å²) in [6, 6.07) is 0.449. The largest absolute Gasteiger partial charge is 0.344 e. The van der Waals surface area contributed by atoms with E-state index in [2.05, 4.69) is 23.1 Å². The Morgan fingerprint density at radius 1 is 1.50 bits per heavy atom. The lowest BCUT2D eigenvalue weighted by Crippen LogP contribution is -2.48. The number of nitrogens with one attached hydrogen (secondary N) is 1. The number of hydrogen-bond acceptors (Lipinski definition) is 3. The predicted octanol–water partition coefficient (Wildman–Crippen LogP) is 0.575. The SMILES string of the molecule is C#CCNC(=O)CN(CC)C1CCCCC1CN. The van der Waals surface area contributed by atoms with Gasteiger partial charge in [-0.3, -0.25) is 9.69 Å². The molecule has 3 N–H and O–H groups in total. The molecule has 0 saturated heterocycles. The van der Waals surface area contributed by atoms with Crippen LogP contribution in [0, 0.1) is 18.3 Å². The first kappa shape index (κ1) is 15.0. The molecule has 0 aromatic carbocycles. The van der Waals surface area contributed by atoms with Gasteiger partial charge in [-0.15, -0.1) is 6.42 Å². The summed E-state index contributed by atoms with van der Waals surface area (Å²) in [5, 5.41) is 2.72. The van der Waals surface area contributed by atoms with Gasteiger partial charge in [0.15, 0.2) is 0 Å². The van der Waals surface area contributed by atoms with E-state index in [1.807, 2.05) is 0 Å². The van der Waals surface area contributed by atoms with Crippen molar-refractivity contribution in [1.29, 1.82) is 0 Å². The molecule has 1 rings (SSSR count). The lowest BCUT2D eigenvalue weighted by molar-refractivity contribution is -0.123. The zero-order valence-electron chi connectivity index (χ0n) is 11.3. The van der Waals surface area contributed by atoms with Crippen LogP contribution in [-0.2, 0) is 4.79 Å². The van der Waals surface area contributed by atoms with E-state index in [9.17, 15) is 4.79 Å². The van der Waals surface area contributed by atoms with Gasteiger partial charge in [0.05, 0.1) is 13.1 Å². The first-order chi connectivity index (χ1) is 8.72. The van der Waals surface area contributed by atoms with Crippen LogP contribution in [0.4, 0.5) is 0 Å². The van der Waals surface area contributed by atoms with E-state index in [0.717, 1.165) is 13.0 Å². The van der Waals surface area contributed by atoms with Gasteiger partial charge in [0.1, 0.15) is 0 Å². The number of hydrogen-bond donors (Lipinski definition) is 2. The van der Waals surface area contributed by atoms with Crippen molar-refractivity contribution in [1.82, 2.24) is 10.2 Å². The molecule has 0 aromatic heterocycles. The van der Waals surface area contributed by atoms with Crippen LogP contribution in [0.25, 0.3) is 0 Å². The minimum Gasteiger partial charge on any atom is -0.344 e. The molecule has 4 nitrogen and oxygen atoms in total. The zero-order valence-corrected chi connectivity index (χ0v) is 11.3. The topological polar surface area (TPSA) is 58.4 Å². The average Bonchev–Trinajstić information content (AvgIpc) is 2.42. The van der Waals surface area contributed by atoms with Gasteiger partial charge in [-0.1, -0.05) is 25.7 Å². The summed E-state index contributed by atoms with van der Waals surface area (Å²) in [5.74, 6) is 2.96. The quantitative estimate of drug-likeness (QED) is 0.679. The van der Waals surface area contributed by atoms with Gasteiger partial charge in [0, 0.05) is 6.04 Å². The molecule has 2 unspecified atom stereocenters. The monoisotopic (exact) mass is 251 g/mol. The lowest BCUT2D eigenvalue weighted by Gasteiger charge is -2.38. The summed E-state index contributed by atoms with van der Waals surface area (Å²) in [5.41, 5.74) is 5.84. The molecule has 0 aromatic rings. The van der Waals surface area contributed by atoms with Crippen molar-refractivity contribution in [3.63, 3.8) is 0 Å². The average molecular weight is 251 g/mol. The van der Waals surface area contributed by atoms with Crippen molar-refractivity contribution in [3.8, 4) is 12.3 Å². The molecule has 1 aliphatic carbocycles.